The Morgan fingerprint density at radius 1 is 1.39 bits per heavy atom. The molecule has 0 saturated heterocycles. The van der Waals surface area contributed by atoms with Crippen LogP contribution in [0.15, 0.2) is 12.1 Å². The molecular formula is C15H16F2N4O2. The second-order valence-corrected chi connectivity index (χ2v) is 5.16. The molecule has 1 aliphatic rings. The van der Waals surface area contributed by atoms with Crippen molar-refractivity contribution in [3.63, 3.8) is 0 Å². The molecule has 3 rings (SSSR count). The normalized spacial score (nSPS) is 13.5. The van der Waals surface area contributed by atoms with E-state index in [2.05, 4.69) is 20.8 Å². The van der Waals surface area contributed by atoms with Crippen LogP contribution in [0.25, 0.3) is 0 Å². The van der Waals surface area contributed by atoms with Gasteiger partial charge in [-0.3, -0.25) is 10.4 Å². The lowest BCUT2D eigenvalue weighted by Gasteiger charge is -2.13. The van der Waals surface area contributed by atoms with E-state index in [0.717, 1.165) is 17.3 Å². The molecule has 2 amide bonds. The number of fused-ring (bicyclic) bond motifs is 1. The van der Waals surface area contributed by atoms with Crippen LogP contribution < -0.4 is 10.6 Å². The Kier molecular flexibility index (Phi) is 4.24. The summed E-state index contributed by atoms with van der Waals surface area (Å²) < 4.78 is 33.2. The number of urea groups is 1. The third-order valence-corrected chi connectivity index (χ3v) is 3.72. The van der Waals surface area contributed by atoms with Crippen molar-refractivity contribution in [2.45, 2.75) is 26.4 Å². The van der Waals surface area contributed by atoms with Crippen molar-refractivity contribution in [1.29, 1.82) is 0 Å². The number of H-pyrrole nitrogens is 1. The second-order valence-electron chi connectivity index (χ2n) is 5.16. The number of carbonyl (C=O) groups is 1. The molecule has 0 spiro atoms. The van der Waals surface area contributed by atoms with E-state index in [-0.39, 0.29) is 0 Å². The molecule has 0 bridgehead atoms. The Morgan fingerprint density at radius 2 is 2.22 bits per heavy atom. The van der Waals surface area contributed by atoms with E-state index >= 15 is 0 Å². The Morgan fingerprint density at radius 3 is 3.00 bits per heavy atom. The van der Waals surface area contributed by atoms with Crippen molar-refractivity contribution < 1.29 is 18.3 Å². The zero-order valence-electron chi connectivity index (χ0n) is 12.5. The van der Waals surface area contributed by atoms with Crippen LogP contribution in [0.5, 0.6) is 0 Å². The van der Waals surface area contributed by atoms with Crippen LogP contribution in [0.2, 0.25) is 0 Å². The summed E-state index contributed by atoms with van der Waals surface area (Å²) in [5.41, 5.74) is 1.49. The number of carbonyl (C=O) groups excluding carboxylic acids is 1. The molecule has 0 aliphatic carbocycles. The number of rotatable bonds is 3. The van der Waals surface area contributed by atoms with Gasteiger partial charge in [0.1, 0.15) is 11.5 Å². The molecule has 6 nitrogen and oxygen atoms in total. The second kappa shape index (κ2) is 6.33. The van der Waals surface area contributed by atoms with Gasteiger partial charge >= 0.3 is 6.03 Å². The summed E-state index contributed by atoms with van der Waals surface area (Å²) in [6, 6.07) is 1.72. The van der Waals surface area contributed by atoms with Gasteiger partial charge in [0, 0.05) is 17.7 Å². The smallest absolute Gasteiger partial charge is 0.325 e. The highest BCUT2D eigenvalue weighted by Gasteiger charge is 2.20. The number of anilines is 2. The van der Waals surface area contributed by atoms with Crippen LogP contribution in [0.4, 0.5) is 25.1 Å². The van der Waals surface area contributed by atoms with Gasteiger partial charge in [-0.1, -0.05) is 13.0 Å². The van der Waals surface area contributed by atoms with Crippen LogP contribution >= 0.6 is 0 Å². The Bertz CT molecular complexity index is 745. The zero-order valence-corrected chi connectivity index (χ0v) is 12.5. The number of hydrogen-bond acceptors (Lipinski definition) is 3. The molecule has 1 aromatic carbocycles. The number of amides is 2. The summed E-state index contributed by atoms with van der Waals surface area (Å²) in [5.74, 6) is -1.30. The first-order valence-corrected chi connectivity index (χ1v) is 7.29. The largest absolute Gasteiger partial charge is 0.376 e. The third kappa shape index (κ3) is 3.02. The molecule has 3 N–H and O–H groups in total. The number of nitrogens with one attached hydrogen (secondary N) is 3. The summed E-state index contributed by atoms with van der Waals surface area (Å²) in [7, 11) is 0. The number of aromatic amines is 1. The highest BCUT2D eigenvalue weighted by atomic mass is 19.1. The molecule has 23 heavy (non-hydrogen) atoms. The first kappa shape index (κ1) is 15.4. The van der Waals surface area contributed by atoms with Crippen LogP contribution in [0.1, 0.15) is 23.7 Å². The van der Waals surface area contributed by atoms with E-state index < -0.39 is 23.4 Å². The van der Waals surface area contributed by atoms with Crippen molar-refractivity contribution in [2.24, 2.45) is 0 Å². The molecule has 0 saturated carbocycles. The van der Waals surface area contributed by atoms with Crippen molar-refractivity contribution in [2.75, 3.05) is 17.2 Å². The van der Waals surface area contributed by atoms with Crippen LogP contribution in [0.3, 0.4) is 0 Å². The van der Waals surface area contributed by atoms with Gasteiger partial charge in [-0.05, 0) is 18.1 Å². The fraction of sp³-hybridized carbons (Fsp3) is 0.333. The van der Waals surface area contributed by atoms with E-state index in [1.807, 2.05) is 0 Å². The predicted octanol–water partition coefficient (Wildman–Crippen LogP) is 2.97. The minimum absolute atomic E-state index is 0.296. The molecule has 0 atom stereocenters. The Hall–Kier alpha value is -2.48. The Balaban J connectivity index is 1.77. The fourth-order valence-corrected chi connectivity index (χ4v) is 2.45. The highest BCUT2D eigenvalue weighted by molar-refractivity contribution is 5.99. The summed E-state index contributed by atoms with van der Waals surface area (Å²) in [4.78, 5) is 12.0. The highest BCUT2D eigenvalue weighted by Crippen LogP contribution is 2.24. The SMILES string of the molecule is CCc1ccc(F)c(NC(=O)Nc2n[nH]c3c2COCC3)c1F. The summed E-state index contributed by atoms with van der Waals surface area (Å²) in [5, 5.41) is 11.5. The molecule has 0 unspecified atom stereocenters. The number of nitrogens with zero attached hydrogens (tertiary/aromatic N) is 1. The maximum absolute atomic E-state index is 14.1. The first-order chi connectivity index (χ1) is 11.1. The average Bonchev–Trinajstić information content (AvgIpc) is 2.95. The molecule has 0 radical (unpaired) electrons. The average molecular weight is 322 g/mol. The van der Waals surface area contributed by atoms with Gasteiger partial charge < -0.3 is 10.1 Å². The maximum atomic E-state index is 14.1. The Labute approximate surface area is 131 Å². The van der Waals surface area contributed by atoms with Gasteiger partial charge in [0.25, 0.3) is 0 Å². The topological polar surface area (TPSA) is 79.0 Å². The number of aromatic nitrogens is 2. The summed E-state index contributed by atoms with van der Waals surface area (Å²) in [6.45, 7) is 2.66. The number of hydrogen-bond donors (Lipinski definition) is 3. The van der Waals surface area contributed by atoms with E-state index in [9.17, 15) is 13.6 Å². The van der Waals surface area contributed by atoms with Gasteiger partial charge in [0.2, 0.25) is 0 Å². The standard InChI is InChI=1S/C15H16F2N4O2/c1-2-8-3-4-10(16)13(12(8)17)18-15(22)19-14-9-7-23-6-5-11(9)20-21-14/h3-4H,2,5-7H2,1H3,(H3,18,19,20,21,22). The molecule has 8 heteroatoms. The molecule has 122 valence electrons. The lowest BCUT2D eigenvalue weighted by Crippen LogP contribution is -2.22. The lowest BCUT2D eigenvalue weighted by atomic mass is 10.1. The molecule has 0 fully saturated rings. The monoisotopic (exact) mass is 322 g/mol. The summed E-state index contributed by atoms with van der Waals surface area (Å²) in [6.07, 6.45) is 1.07. The number of halogens is 2. The van der Waals surface area contributed by atoms with E-state index in [4.69, 9.17) is 4.74 Å². The molecule has 2 aromatic rings. The lowest BCUT2D eigenvalue weighted by molar-refractivity contribution is 0.110. The molecule has 1 aliphatic heterocycles. The van der Waals surface area contributed by atoms with Gasteiger partial charge in [-0.25, -0.2) is 13.6 Å². The van der Waals surface area contributed by atoms with Crippen molar-refractivity contribution in [1.82, 2.24) is 10.2 Å². The van der Waals surface area contributed by atoms with Crippen LogP contribution in [0, 0.1) is 11.6 Å². The molecular weight excluding hydrogens is 306 g/mol. The molecule has 1 aromatic heterocycles. The van der Waals surface area contributed by atoms with Gasteiger partial charge in [-0.15, -0.1) is 0 Å². The van der Waals surface area contributed by atoms with Crippen LogP contribution in [-0.2, 0) is 24.2 Å². The van der Waals surface area contributed by atoms with Crippen molar-refractivity contribution >= 4 is 17.5 Å². The quantitative estimate of drug-likeness (QED) is 0.813. The first-order valence-electron chi connectivity index (χ1n) is 7.29. The fourth-order valence-electron chi connectivity index (χ4n) is 2.45. The van der Waals surface area contributed by atoms with Crippen molar-refractivity contribution in [3.8, 4) is 0 Å². The number of ether oxygens (including phenoxy) is 1. The predicted molar refractivity (Wildman–Crippen MR) is 80.3 cm³/mol. The number of aryl methyl sites for hydroxylation is 1. The number of benzene rings is 1. The van der Waals surface area contributed by atoms with Gasteiger partial charge in [0.05, 0.1) is 13.2 Å². The van der Waals surface area contributed by atoms with E-state index in [1.54, 1.807) is 6.92 Å². The van der Waals surface area contributed by atoms with Gasteiger partial charge in [-0.2, -0.15) is 5.10 Å². The summed E-state index contributed by atoms with van der Waals surface area (Å²) >= 11 is 0. The minimum atomic E-state index is -0.831. The van der Waals surface area contributed by atoms with Gasteiger partial charge in [0.15, 0.2) is 11.6 Å². The van der Waals surface area contributed by atoms with E-state index in [0.29, 0.717) is 37.4 Å². The molecule has 2 heterocycles. The maximum Gasteiger partial charge on any atom is 0.325 e. The third-order valence-electron chi connectivity index (χ3n) is 3.72. The van der Waals surface area contributed by atoms with Crippen molar-refractivity contribution in [3.05, 3.63) is 40.6 Å². The van der Waals surface area contributed by atoms with E-state index in [1.165, 1.54) is 6.07 Å². The minimum Gasteiger partial charge on any atom is -0.376 e. The van der Waals surface area contributed by atoms with Crippen LogP contribution in [-0.4, -0.2) is 22.8 Å². The zero-order chi connectivity index (χ0) is 16.4.